The van der Waals surface area contributed by atoms with Crippen molar-refractivity contribution >= 4 is 35.0 Å². The third kappa shape index (κ3) is 4.27. The van der Waals surface area contributed by atoms with Crippen molar-refractivity contribution in [1.82, 2.24) is 9.66 Å². The lowest BCUT2D eigenvalue weighted by Crippen LogP contribution is -2.20. The van der Waals surface area contributed by atoms with Crippen LogP contribution < -0.4 is 5.56 Å². The number of halogens is 1. The zero-order valence-electron chi connectivity index (χ0n) is 16.1. The van der Waals surface area contributed by atoms with E-state index in [4.69, 9.17) is 0 Å². The van der Waals surface area contributed by atoms with Crippen LogP contribution in [0.15, 0.2) is 82.7 Å². The molecule has 0 amide bonds. The quantitative estimate of drug-likeness (QED) is 0.273. The first-order valence-electron chi connectivity index (χ1n) is 9.26. The Morgan fingerprint density at radius 3 is 2.42 bits per heavy atom. The number of para-hydroxylation sites is 1. The second-order valence-corrected chi connectivity index (χ2v) is 6.55. The molecule has 152 valence electrons. The van der Waals surface area contributed by atoms with Gasteiger partial charge in [0.1, 0.15) is 5.82 Å². The SMILES string of the molecule is O=c1c2ccccc2nc(/C=C\c2ccc([N+](=O)[O-])cc2)n1N=Cc1ccccc1F. The summed E-state index contributed by atoms with van der Waals surface area (Å²) < 4.78 is 15.0. The Hall–Kier alpha value is -4.46. The molecule has 0 bridgehead atoms. The fourth-order valence-corrected chi connectivity index (χ4v) is 2.94. The van der Waals surface area contributed by atoms with Gasteiger partial charge in [-0.25, -0.2) is 9.37 Å². The number of rotatable bonds is 5. The molecule has 4 aromatic rings. The van der Waals surface area contributed by atoms with Crippen LogP contribution in [0.2, 0.25) is 0 Å². The van der Waals surface area contributed by atoms with Gasteiger partial charge in [0.15, 0.2) is 5.82 Å². The van der Waals surface area contributed by atoms with Gasteiger partial charge in [0, 0.05) is 17.7 Å². The van der Waals surface area contributed by atoms with Crippen LogP contribution in [0.25, 0.3) is 23.1 Å². The van der Waals surface area contributed by atoms with Gasteiger partial charge in [-0.2, -0.15) is 9.78 Å². The Bertz CT molecular complexity index is 1390. The summed E-state index contributed by atoms with van der Waals surface area (Å²) in [4.78, 5) is 27.8. The molecule has 0 unspecified atom stereocenters. The average Bonchev–Trinajstić information content (AvgIpc) is 2.78. The van der Waals surface area contributed by atoms with E-state index in [1.807, 2.05) is 0 Å². The molecule has 0 saturated heterocycles. The second-order valence-electron chi connectivity index (χ2n) is 6.55. The number of aromatic nitrogens is 2. The fourth-order valence-electron chi connectivity index (χ4n) is 2.94. The molecule has 0 atom stereocenters. The Morgan fingerprint density at radius 1 is 0.968 bits per heavy atom. The van der Waals surface area contributed by atoms with Crippen LogP contribution in [0.3, 0.4) is 0 Å². The van der Waals surface area contributed by atoms with Crippen molar-refractivity contribution in [2.45, 2.75) is 0 Å². The van der Waals surface area contributed by atoms with E-state index in [9.17, 15) is 19.3 Å². The van der Waals surface area contributed by atoms with Crippen LogP contribution in [0.5, 0.6) is 0 Å². The maximum Gasteiger partial charge on any atom is 0.282 e. The molecular formula is C23H15FN4O3. The maximum absolute atomic E-state index is 13.9. The third-order valence-corrected chi connectivity index (χ3v) is 4.53. The van der Waals surface area contributed by atoms with E-state index in [1.165, 1.54) is 24.4 Å². The summed E-state index contributed by atoms with van der Waals surface area (Å²) in [6, 6.07) is 18.9. The molecule has 1 heterocycles. The molecule has 0 aliphatic rings. The van der Waals surface area contributed by atoms with Gasteiger partial charge in [-0.3, -0.25) is 14.9 Å². The number of fused-ring (bicyclic) bond motifs is 1. The second kappa shape index (κ2) is 8.50. The lowest BCUT2D eigenvalue weighted by atomic mass is 10.2. The highest BCUT2D eigenvalue weighted by atomic mass is 19.1. The monoisotopic (exact) mass is 414 g/mol. The Labute approximate surface area is 175 Å². The van der Waals surface area contributed by atoms with Crippen molar-refractivity contribution in [3.63, 3.8) is 0 Å². The van der Waals surface area contributed by atoms with E-state index in [2.05, 4.69) is 10.1 Å². The van der Waals surface area contributed by atoms with Crippen LogP contribution in [-0.2, 0) is 0 Å². The molecule has 0 saturated carbocycles. The Morgan fingerprint density at radius 2 is 1.68 bits per heavy atom. The van der Waals surface area contributed by atoms with E-state index in [-0.39, 0.29) is 17.1 Å². The molecular weight excluding hydrogens is 399 g/mol. The van der Waals surface area contributed by atoms with Gasteiger partial charge in [-0.05, 0) is 42.0 Å². The van der Waals surface area contributed by atoms with Crippen LogP contribution in [0.1, 0.15) is 17.0 Å². The summed E-state index contributed by atoms with van der Waals surface area (Å²) in [6.45, 7) is 0. The summed E-state index contributed by atoms with van der Waals surface area (Å²) in [5, 5.41) is 15.4. The summed E-state index contributed by atoms with van der Waals surface area (Å²) in [5.41, 5.74) is 0.979. The minimum atomic E-state index is -0.479. The van der Waals surface area contributed by atoms with Gasteiger partial charge in [-0.15, -0.1) is 0 Å². The molecule has 0 fully saturated rings. The van der Waals surface area contributed by atoms with E-state index in [0.29, 0.717) is 16.5 Å². The largest absolute Gasteiger partial charge is 0.282 e. The summed E-state index contributed by atoms with van der Waals surface area (Å²) >= 11 is 0. The van der Waals surface area contributed by atoms with Crippen molar-refractivity contribution in [2.24, 2.45) is 5.10 Å². The van der Waals surface area contributed by atoms with Crippen molar-refractivity contribution in [3.8, 4) is 0 Å². The van der Waals surface area contributed by atoms with Gasteiger partial charge in [0.05, 0.1) is 22.0 Å². The van der Waals surface area contributed by atoms with Crippen LogP contribution in [0, 0.1) is 15.9 Å². The number of nitro benzene ring substituents is 1. The maximum atomic E-state index is 13.9. The van der Waals surface area contributed by atoms with Crippen molar-refractivity contribution < 1.29 is 9.31 Å². The predicted molar refractivity (Wildman–Crippen MR) is 117 cm³/mol. The minimum Gasteiger partial charge on any atom is -0.267 e. The number of hydrogen-bond acceptors (Lipinski definition) is 5. The van der Waals surface area contributed by atoms with Crippen molar-refractivity contribution in [2.75, 3.05) is 0 Å². The smallest absolute Gasteiger partial charge is 0.267 e. The topological polar surface area (TPSA) is 90.4 Å². The number of non-ortho nitro benzene ring substituents is 1. The predicted octanol–water partition coefficient (Wildman–Crippen LogP) is 4.50. The minimum absolute atomic E-state index is 0.0209. The van der Waals surface area contributed by atoms with Gasteiger partial charge in [0.25, 0.3) is 11.2 Å². The highest BCUT2D eigenvalue weighted by Gasteiger charge is 2.09. The summed E-state index contributed by atoms with van der Waals surface area (Å²) in [5.74, 6) is -0.231. The van der Waals surface area contributed by atoms with E-state index >= 15 is 0 Å². The first-order chi connectivity index (χ1) is 15.0. The number of nitrogens with zero attached hydrogens (tertiary/aromatic N) is 4. The molecule has 0 aliphatic carbocycles. The first kappa shape index (κ1) is 19.8. The average molecular weight is 414 g/mol. The number of benzene rings is 3. The van der Waals surface area contributed by atoms with Crippen molar-refractivity contribution in [3.05, 3.63) is 116 Å². The zero-order valence-corrected chi connectivity index (χ0v) is 16.1. The highest BCUT2D eigenvalue weighted by molar-refractivity contribution is 5.81. The van der Waals surface area contributed by atoms with Crippen LogP contribution in [-0.4, -0.2) is 20.8 Å². The molecule has 0 radical (unpaired) electrons. The third-order valence-electron chi connectivity index (χ3n) is 4.53. The molecule has 7 nitrogen and oxygen atoms in total. The molecule has 3 aromatic carbocycles. The first-order valence-corrected chi connectivity index (χ1v) is 9.26. The molecule has 0 spiro atoms. The molecule has 4 rings (SSSR count). The number of nitro groups is 1. The van der Waals surface area contributed by atoms with Gasteiger partial charge in [-0.1, -0.05) is 36.4 Å². The van der Waals surface area contributed by atoms with Gasteiger partial charge >= 0.3 is 0 Å². The van der Waals surface area contributed by atoms with Gasteiger partial charge in [0.2, 0.25) is 0 Å². The normalized spacial score (nSPS) is 11.5. The zero-order chi connectivity index (χ0) is 21.8. The molecule has 31 heavy (non-hydrogen) atoms. The van der Waals surface area contributed by atoms with E-state index in [1.54, 1.807) is 66.7 Å². The molecule has 8 heteroatoms. The van der Waals surface area contributed by atoms with Crippen LogP contribution >= 0.6 is 0 Å². The standard InChI is InChI=1S/C23H15FN4O3/c24-20-7-3-1-5-17(20)15-25-27-22(26-21-8-4-2-6-19(21)23(27)29)14-11-16-9-12-18(13-10-16)28(30)31/h1-15H/b14-11-,25-15?. The summed E-state index contributed by atoms with van der Waals surface area (Å²) in [7, 11) is 0. The lowest BCUT2D eigenvalue weighted by Gasteiger charge is -2.06. The van der Waals surface area contributed by atoms with E-state index in [0.717, 1.165) is 4.68 Å². The molecule has 0 aliphatic heterocycles. The molecule has 0 N–H and O–H groups in total. The van der Waals surface area contributed by atoms with E-state index < -0.39 is 16.3 Å². The Kier molecular flexibility index (Phi) is 5.44. The summed E-state index contributed by atoms with van der Waals surface area (Å²) in [6.07, 6.45) is 4.50. The molecule has 1 aromatic heterocycles. The van der Waals surface area contributed by atoms with Crippen molar-refractivity contribution in [1.29, 1.82) is 0 Å². The Balaban J connectivity index is 1.79. The number of hydrogen-bond donors (Lipinski definition) is 0. The highest BCUT2D eigenvalue weighted by Crippen LogP contribution is 2.15. The van der Waals surface area contributed by atoms with Crippen LogP contribution in [0.4, 0.5) is 10.1 Å². The van der Waals surface area contributed by atoms with Gasteiger partial charge < -0.3 is 0 Å². The fraction of sp³-hybridized carbons (Fsp3) is 0. The lowest BCUT2D eigenvalue weighted by molar-refractivity contribution is -0.384.